The van der Waals surface area contributed by atoms with Gasteiger partial charge in [-0.05, 0) is 11.4 Å². The van der Waals surface area contributed by atoms with E-state index in [-0.39, 0.29) is 37.2 Å². The zero-order chi connectivity index (χ0) is 18.9. The van der Waals surface area contributed by atoms with Crippen LogP contribution in [-0.2, 0) is 17.8 Å². The van der Waals surface area contributed by atoms with Crippen molar-refractivity contribution in [3.05, 3.63) is 34.3 Å². The monoisotopic (exact) mass is 397 g/mol. The predicted molar refractivity (Wildman–Crippen MR) is 94.8 cm³/mol. The van der Waals surface area contributed by atoms with Gasteiger partial charge in [0.2, 0.25) is 0 Å². The summed E-state index contributed by atoms with van der Waals surface area (Å²) < 4.78 is 34.7. The third-order valence-corrected chi connectivity index (χ3v) is 5.74. The molecule has 2 aliphatic heterocycles. The van der Waals surface area contributed by atoms with Crippen LogP contribution in [0.15, 0.2) is 23.7 Å². The number of alkyl halides is 2. The highest BCUT2D eigenvalue weighted by molar-refractivity contribution is 7.09. The molecule has 0 unspecified atom stereocenters. The molecule has 0 N–H and O–H groups in total. The van der Waals surface area contributed by atoms with Crippen LogP contribution in [0.3, 0.4) is 0 Å². The van der Waals surface area contributed by atoms with Crippen LogP contribution in [0, 0.1) is 0 Å². The number of thiophene rings is 1. The van der Waals surface area contributed by atoms with Crippen LogP contribution in [0.4, 0.5) is 8.78 Å². The second-order valence-electron chi connectivity index (χ2n) is 6.93. The lowest BCUT2D eigenvalue weighted by atomic mass is 10.2. The number of carbonyl (C=O) groups excluding carboxylic acids is 1. The van der Waals surface area contributed by atoms with E-state index in [9.17, 15) is 13.6 Å². The number of carbonyl (C=O) groups is 1. The standard InChI is InChI=1S/C17H21F2N5O2S/c18-17(19)8-13(23(12-17)10-14-2-1-7-27-14)9-24-11-15(20-21-24)16(25)22-3-5-26-6-4-22/h1-2,7,11,13H,3-6,8-10,12H2/t13-/m0/s1. The second-order valence-corrected chi connectivity index (χ2v) is 7.96. The van der Waals surface area contributed by atoms with Gasteiger partial charge in [-0.1, -0.05) is 11.3 Å². The van der Waals surface area contributed by atoms with E-state index in [0.29, 0.717) is 32.8 Å². The Morgan fingerprint density at radius 3 is 2.93 bits per heavy atom. The van der Waals surface area contributed by atoms with Gasteiger partial charge in [0.1, 0.15) is 0 Å². The maximum atomic E-state index is 14.0. The predicted octanol–water partition coefficient (Wildman–Crippen LogP) is 1.72. The molecule has 0 radical (unpaired) electrons. The molecule has 0 bridgehead atoms. The molecular formula is C17H21F2N5O2S. The molecule has 146 valence electrons. The number of amides is 1. The Hall–Kier alpha value is -1.91. The molecule has 4 heterocycles. The van der Waals surface area contributed by atoms with Gasteiger partial charge < -0.3 is 9.64 Å². The normalized spacial score (nSPS) is 23.0. The summed E-state index contributed by atoms with van der Waals surface area (Å²) in [6.07, 6.45) is 1.34. The largest absolute Gasteiger partial charge is 0.378 e. The zero-order valence-corrected chi connectivity index (χ0v) is 15.6. The number of morpholine rings is 1. The smallest absolute Gasteiger partial charge is 0.276 e. The molecular weight excluding hydrogens is 376 g/mol. The van der Waals surface area contributed by atoms with Crippen molar-refractivity contribution in [2.24, 2.45) is 0 Å². The average Bonchev–Trinajstić information content (AvgIpc) is 3.37. The van der Waals surface area contributed by atoms with Crippen LogP contribution in [0.2, 0.25) is 0 Å². The van der Waals surface area contributed by atoms with E-state index in [1.807, 2.05) is 17.5 Å². The summed E-state index contributed by atoms with van der Waals surface area (Å²) in [5.74, 6) is -2.91. The highest BCUT2D eigenvalue weighted by Gasteiger charge is 2.45. The highest BCUT2D eigenvalue weighted by atomic mass is 32.1. The van der Waals surface area contributed by atoms with Crippen LogP contribution in [-0.4, -0.2) is 75.5 Å². The quantitative estimate of drug-likeness (QED) is 0.769. The Morgan fingerprint density at radius 2 is 2.19 bits per heavy atom. The molecule has 2 aromatic heterocycles. The minimum absolute atomic E-state index is 0.197. The fraction of sp³-hybridized carbons (Fsp3) is 0.588. The second kappa shape index (κ2) is 7.61. The van der Waals surface area contributed by atoms with Gasteiger partial charge in [-0.15, -0.1) is 16.4 Å². The zero-order valence-electron chi connectivity index (χ0n) is 14.8. The van der Waals surface area contributed by atoms with Crippen LogP contribution < -0.4 is 0 Å². The Kier molecular flexibility index (Phi) is 5.20. The Balaban J connectivity index is 1.42. The van der Waals surface area contributed by atoms with E-state index in [2.05, 4.69) is 10.3 Å². The Morgan fingerprint density at radius 1 is 1.37 bits per heavy atom. The lowest BCUT2D eigenvalue weighted by Crippen LogP contribution is -2.40. The molecule has 0 aromatic carbocycles. The summed E-state index contributed by atoms with van der Waals surface area (Å²) in [5, 5.41) is 9.89. The lowest BCUT2D eigenvalue weighted by Gasteiger charge is -2.25. The fourth-order valence-corrected chi connectivity index (χ4v) is 4.29. The molecule has 1 atom stereocenters. The van der Waals surface area contributed by atoms with Crippen molar-refractivity contribution >= 4 is 17.2 Å². The molecule has 0 saturated carbocycles. The van der Waals surface area contributed by atoms with Gasteiger partial charge in [-0.2, -0.15) is 0 Å². The summed E-state index contributed by atoms with van der Waals surface area (Å²) in [7, 11) is 0. The van der Waals surface area contributed by atoms with Crippen molar-refractivity contribution in [3.8, 4) is 0 Å². The van der Waals surface area contributed by atoms with E-state index < -0.39 is 5.92 Å². The number of halogens is 2. The molecule has 0 aliphatic carbocycles. The van der Waals surface area contributed by atoms with Gasteiger partial charge in [0.25, 0.3) is 11.8 Å². The van der Waals surface area contributed by atoms with Crippen LogP contribution in [0.25, 0.3) is 0 Å². The van der Waals surface area contributed by atoms with E-state index in [0.717, 1.165) is 4.88 Å². The summed E-state index contributed by atoms with van der Waals surface area (Å²) in [6.45, 7) is 2.58. The first-order chi connectivity index (χ1) is 13.0. The maximum Gasteiger partial charge on any atom is 0.276 e. The molecule has 2 aliphatic rings. The van der Waals surface area contributed by atoms with Gasteiger partial charge >= 0.3 is 0 Å². The molecule has 10 heteroatoms. The summed E-state index contributed by atoms with van der Waals surface area (Å²) in [6, 6.07) is 3.52. The lowest BCUT2D eigenvalue weighted by molar-refractivity contribution is 0.0113. The van der Waals surface area contributed by atoms with Crippen molar-refractivity contribution < 1.29 is 18.3 Å². The third-order valence-electron chi connectivity index (χ3n) is 4.88. The van der Waals surface area contributed by atoms with E-state index in [1.165, 1.54) is 4.68 Å². The van der Waals surface area contributed by atoms with Crippen molar-refractivity contribution in [2.45, 2.75) is 31.5 Å². The summed E-state index contributed by atoms with van der Waals surface area (Å²) >= 11 is 1.56. The SMILES string of the molecule is O=C(c1cn(C[C@@H]2CC(F)(F)CN2Cc2cccs2)nn1)N1CCOCC1. The number of likely N-dealkylation sites (tertiary alicyclic amines) is 1. The van der Waals surface area contributed by atoms with E-state index >= 15 is 0 Å². The van der Waals surface area contributed by atoms with Gasteiger partial charge in [0, 0.05) is 37.0 Å². The van der Waals surface area contributed by atoms with Crippen LogP contribution >= 0.6 is 11.3 Å². The Labute approximate surface area is 159 Å². The number of nitrogens with zero attached hydrogens (tertiary/aromatic N) is 5. The number of aromatic nitrogens is 3. The first-order valence-electron chi connectivity index (χ1n) is 8.92. The minimum Gasteiger partial charge on any atom is -0.378 e. The van der Waals surface area contributed by atoms with Crippen molar-refractivity contribution in [3.63, 3.8) is 0 Å². The highest BCUT2D eigenvalue weighted by Crippen LogP contribution is 2.34. The summed E-state index contributed by atoms with van der Waals surface area (Å²) in [4.78, 5) is 17.0. The molecule has 27 heavy (non-hydrogen) atoms. The molecule has 4 rings (SSSR count). The number of hydrogen-bond donors (Lipinski definition) is 0. The van der Waals surface area contributed by atoms with Crippen molar-refractivity contribution in [1.82, 2.24) is 24.8 Å². The molecule has 0 spiro atoms. The van der Waals surface area contributed by atoms with Crippen LogP contribution in [0.1, 0.15) is 21.8 Å². The van der Waals surface area contributed by atoms with E-state index in [1.54, 1.807) is 27.3 Å². The van der Waals surface area contributed by atoms with Gasteiger partial charge in [-0.3, -0.25) is 14.4 Å². The molecule has 7 nitrogen and oxygen atoms in total. The molecule has 1 amide bonds. The minimum atomic E-state index is -2.71. The molecule has 2 aromatic rings. The van der Waals surface area contributed by atoms with Gasteiger partial charge in [0.05, 0.1) is 32.5 Å². The number of rotatable bonds is 5. The topological polar surface area (TPSA) is 63.5 Å². The maximum absolute atomic E-state index is 14.0. The van der Waals surface area contributed by atoms with Crippen molar-refractivity contribution in [2.75, 3.05) is 32.8 Å². The van der Waals surface area contributed by atoms with Gasteiger partial charge in [-0.25, -0.2) is 8.78 Å². The van der Waals surface area contributed by atoms with Crippen LogP contribution in [0.5, 0.6) is 0 Å². The van der Waals surface area contributed by atoms with E-state index in [4.69, 9.17) is 4.74 Å². The number of hydrogen-bond acceptors (Lipinski definition) is 6. The number of ether oxygens (including phenoxy) is 1. The third kappa shape index (κ3) is 4.33. The van der Waals surface area contributed by atoms with Crippen molar-refractivity contribution in [1.29, 1.82) is 0 Å². The first kappa shape index (κ1) is 18.5. The summed E-state index contributed by atoms with van der Waals surface area (Å²) in [5.41, 5.74) is 0.242. The fourth-order valence-electron chi connectivity index (χ4n) is 3.56. The Bertz CT molecular complexity index is 776. The van der Waals surface area contributed by atoms with Gasteiger partial charge in [0.15, 0.2) is 5.69 Å². The molecule has 2 saturated heterocycles. The molecule has 2 fully saturated rings. The average molecular weight is 397 g/mol. The first-order valence-corrected chi connectivity index (χ1v) is 9.79.